The zero-order valence-corrected chi connectivity index (χ0v) is 43.3. The molecule has 358 valence electrons. The van der Waals surface area contributed by atoms with Crippen LogP contribution in [0.25, 0.3) is 54.9 Å². The van der Waals surface area contributed by atoms with Crippen molar-refractivity contribution in [2.24, 2.45) is 41.4 Å². The number of phosphoric acid groups is 1. The average molecular weight is 937 g/mol. The van der Waals surface area contributed by atoms with Gasteiger partial charge in [-0.05, 0) is 225 Å². The minimum Gasteiger partial charge on any atom is -0.394 e. The van der Waals surface area contributed by atoms with Crippen molar-refractivity contribution in [2.75, 3.05) is 0 Å². The summed E-state index contributed by atoms with van der Waals surface area (Å²) in [5, 5.41) is 4.12. The molecule has 1 N–H and O–H groups in total. The maximum atomic E-state index is 15.2. The van der Waals surface area contributed by atoms with Gasteiger partial charge in [-0.1, -0.05) is 128 Å². The summed E-state index contributed by atoms with van der Waals surface area (Å²) < 4.78 is 28.7. The Kier molecular flexibility index (Phi) is 10.4. The molecule has 0 amide bonds. The molecule has 0 spiro atoms. The molecule has 15 rings (SSSR count). The van der Waals surface area contributed by atoms with Crippen LogP contribution in [-0.4, -0.2) is 4.89 Å². The molecule has 6 aromatic carbocycles. The van der Waals surface area contributed by atoms with Gasteiger partial charge >= 0.3 is 7.82 Å². The third-order valence-corrected chi connectivity index (χ3v) is 20.2. The van der Waals surface area contributed by atoms with Crippen molar-refractivity contribution in [2.45, 2.75) is 161 Å². The number of fused-ring (bicyclic) bond motifs is 7. The van der Waals surface area contributed by atoms with E-state index in [1.807, 2.05) is 0 Å². The second-order valence-corrected chi connectivity index (χ2v) is 26.5. The van der Waals surface area contributed by atoms with Crippen molar-refractivity contribution in [1.29, 1.82) is 0 Å². The Balaban J connectivity index is 1.08. The first-order valence-corrected chi connectivity index (χ1v) is 28.8. The van der Waals surface area contributed by atoms with E-state index in [9.17, 15) is 4.89 Å². The maximum Gasteiger partial charge on any atom is 0.584 e. The van der Waals surface area contributed by atoms with Crippen molar-refractivity contribution >= 4 is 29.4 Å². The summed E-state index contributed by atoms with van der Waals surface area (Å²) in [5.74, 6) is 8.23. The minimum absolute atomic E-state index is 0.210. The Morgan fingerprint density at radius 1 is 0.493 bits per heavy atom. The van der Waals surface area contributed by atoms with Gasteiger partial charge in [0.05, 0.1) is 0 Å². The van der Waals surface area contributed by atoms with Crippen LogP contribution in [0.4, 0.5) is 0 Å². The molecule has 8 aliphatic carbocycles. The van der Waals surface area contributed by atoms with Gasteiger partial charge in [-0.3, -0.25) is 4.89 Å². The Bertz CT molecular complexity index is 3010. The fourth-order valence-corrected chi connectivity index (χ4v) is 18.1. The van der Waals surface area contributed by atoms with Gasteiger partial charge in [-0.15, -0.1) is 0 Å². The lowest BCUT2D eigenvalue weighted by atomic mass is 9.48. The molecule has 69 heavy (non-hydrogen) atoms. The highest BCUT2D eigenvalue weighted by molar-refractivity contribution is 7.48. The van der Waals surface area contributed by atoms with Crippen molar-refractivity contribution < 1.29 is 18.5 Å². The van der Waals surface area contributed by atoms with Crippen LogP contribution in [0.2, 0.25) is 0 Å². The van der Waals surface area contributed by atoms with E-state index in [0.717, 1.165) is 96.4 Å². The first kappa shape index (κ1) is 44.6. The lowest BCUT2D eigenvalue weighted by Crippen LogP contribution is -2.48. The second-order valence-electron chi connectivity index (χ2n) is 25.2. The van der Waals surface area contributed by atoms with E-state index in [-0.39, 0.29) is 29.1 Å². The standard InChI is InChI=1S/C64H73O4P/c1-34(2)51-27-47(57-45-21-38-17-39(23-45)24-46(57)22-38)28-52(35(3)4)58(51)55-25-43-13-9-11-15-49(43)60-61-50-16-12-10-14-44(50)26-56(63(61)68-69(65,66)67-62(55)60)59-53(36(5)6)29-48(30-54(59)37(7)8)64-31-40-18-41(32-64)20-42(19-40)33-64/h9-16,25-30,34-42,45-46,57H,17-24,31-33H2,1-8H3,(H,65,66). The largest absolute Gasteiger partial charge is 0.584 e. The predicted octanol–water partition coefficient (Wildman–Crippen LogP) is 18.4. The molecule has 1 unspecified atom stereocenters. The van der Waals surface area contributed by atoms with E-state index in [4.69, 9.17) is 9.05 Å². The summed E-state index contributed by atoms with van der Waals surface area (Å²) in [5.41, 5.74) is 14.2. The fraction of sp³-hybridized carbons (Fsp3) is 0.500. The van der Waals surface area contributed by atoms with Crippen LogP contribution < -0.4 is 9.05 Å². The van der Waals surface area contributed by atoms with Crippen LogP contribution >= 0.6 is 7.82 Å². The summed E-state index contributed by atoms with van der Waals surface area (Å²) in [4.78, 5) is 12.4. The average Bonchev–Trinajstić information content (AvgIpc) is 3.43. The highest BCUT2D eigenvalue weighted by Crippen LogP contribution is 2.66. The lowest BCUT2D eigenvalue weighted by Gasteiger charge is -2.57. The van der Waals surface area contributed by atoms with Gasteiger partial charge in [-0.2, -0.15) is 0 Å². The van der Waals surface area contributed by atoms with Crippen molar-refractivity contribution in [3.8, 4) is 44.9 Å². The number of benzene rings is 6. The van der Waals surface area contributed by atoms with Gasteiger partial charge in [0.2, 0.25) is 0 Å². The van der Waals surface area contributed by atoms with E-state index >= 15 is 4.57 Å². The zero-order chi connectivity index (χ0) is 47.4. The molecule has 0 radical (unpaired) electrons. The van der Waals surface area contributed by atoms with E-state index in [0.29, 0.717) is 17.4 Å². The summed E-state index contributed by atoms with van der Waals surface area (Å²) in [6.07, 6.45) is 15.1. The molecule has 1 atom stereocenters. The van der Waals surface area contributed by atoms with Gasteiger partial charge in [0.25, 0.3) is 0 Å². The number of hydrogen-bond acceptors (Lipinski definition) is 3. The molecule has 6 aromatic rings. The van der Waals surface area contributed by atoms with Crippen molar-refractivity contribution in [3.05, 3.63) is 118 Å². The van der Waals surface area contributed by atoms with Crippen LogP contribution in [0.1, 0.15) is 189 Å². The van der Waals surface area contributed by atoms with E-state index in [1.54, 1.807) is 0 Å². The molecule has 8 fully saturated rings. The van der Waals surface area contributed by atoms with Crippen LogP contribution in [0.15, 0.2) is 84.9 Å². The molecule has 4 nitrogen and oxygen atoms in total. The fourth-order valence-electron chi connectivity index (χ4n) is 17.2. The molecular formula is C64H73O4P. The minimum atomic E-state index is -4.80. The summed E-state index contributed by atoms with van der Waals surface area (Å²) in [6.45, 7) is 18.6. The maximum absolute atomic E-state index is 15.2. The highest BCUT2D eigenvalue weighted by Gasteiger charge is 2.53. The van der Waals surface area contributed by atoms with Gasteiger partial charge in [0.1, 0.15) is 11.5 Å². The quantitative estimate of drug-likeness (QED) is 0.155. The third kappa shape index (κ3) is 7.09. The van der Waals surface area contributed by atoms with Gasteiger partial charge < -0.3 is 9.05 Å². The van der Waals surface area contributed by atoms with Gasteiger partial charge in [0.15, 0.2) is 0 Å². The molecule has 5 heteroatoms. The smallest absolute Gasteiger partial charge is 0.394 e. The Morgan fingerprint density at radius 2 is 0.870 bits per heavy atom. The summed E-state index contributed by atoms with van der Waals surface area (Å²) >= 11 is 0. The van der Waals surface area contributed by atoms with Gasteiger partial charge in [0, 0.05) is 22.3 Å². The van der Waals surface area contributed by atoms with E-state index in [1.165, 1.54) is 104 Å². The predicted molar refractivity (Wildman–Crippen MR) is 285 cm³/mol. The molecule has 8 saturated carbocycles. The summed E-state index contributed by atoms with van der Waals surface area (Å²) in [6, 6.07) is 31.9. The second kappa shape index (κ2) is 16.1. The molecule has 1 heterocycles. The van der Waals surface area contributed by atoms with Crippen molar-refractivity contribution in [1.82, 2.24) is 0 Å². The SMILES string of the molecule is CC(C)c1cc(C2C3CC4CC(C3)CC2C4)cc(C(C)C)c1-c1cc2ccccc2c2c1OP(=O)(O)Oc1c(-c3c(C(C)C)cc(C45CC6CC(CC(C6)C4)C5)cc3C(C)C)cc3ccccc3c1-2. The first-order chi connectivity index (χ1) is 33.1. The van der Waals surface area contributed by atoms with Crippen LogP contribution in [-0.2, 0) is 9.98 Å². The molecule has 1 aliphatic heterocycles. The monoisotopic (exact) mass is 937 g/mol. The van der Waals surface area contributed by atoms with Crippen LogP contribution in [0.3, 0.4) is 0 Å². The number of rotatable bonds is 8. The first-order valence-electron chi connectivity index (χ1n) is 27.3. The molecule has 0 aromatic heterocycles. The lowest BCUT2D eigenvalue weighted by molar-refractivity contribution is -0.00526. The van der Waals surface area contributed by atoms with E-state index < -0.39 is 7.82 Å². The normalized spacial score (nSPS) is 30.7. The Labute approximate surface area is 411 Å². The Morgan fingerprint density at radius 3 is 1.28 bits per heavy atom. The molecule has 0 saturated heterocycles. The highest BCUT2D eigenvalue weighted by atomic mass is 31.2. The zero-order valence-electron chi connectivity index (χ0n) is 42.4. The number of hydrogen-bond donors (Lipinski definition) is 1. The van der Waals surface area contributed by atoms with Crippen molar-refractivity contribution in [3.63, 3.8) is 0 Å². The molecule has 8 bridgehead atoms. The molecular weight excluding hydrogens is 864 g/mol. The van der Waals surface area contributed by atoms with Crippen LogP contribution in [0.5, 0.6) is 11.5 Å². The van der Waals surface area contributed by atoms with Gasteiger partial charge in [-0.25, -0.2) is 4.57 Å². The molecule has 9 aliphatic rings. The topological polar surface area (TPSA) is 55.8 Å². The van der Waals surface area contributed by atoms with E-state index in [2.05, 4.69) is 140 Å². The number of phosphoric ester groups is 1. The third-order valence-electron chi connectivity index (χ3n) is 19.4. The van der Waals surface area contributed by atoms with Crippen LogP contribution in [0, 0.1) is 41.4 Å². The Hall–Kier alpha value is -4.37. The summed E-state index contributed by atoms with van der Waals surface area (Å²) in [7, 11) is -4.80.